The number of anilines is 3. The van der Waals surface area contributed by atoms with Gasteiger partial charge in [0.25, 0.3) is 0 Å². The first-order valence-corrected chi connectivity index (χ1v) is 10.3. The fraction of sp³-hybridized carbons (Fsp3) is 0.250. The van der Waals surface area contributed by atoms with Crippen LogP contribution in [0.5, 0.6) is 5.75 Å². The third kappa shape index (κ3) is 4.61. The molecule has 1 amide bonds. The van der Waals surface area contributed by atoms with E-state index in [4.69, 9.17) is 4.74 Å². The molecule has 0 aliphatic carbocycles. The second kappa shape index (κ2) is 8.50. The zero-order chi connectivity index (χ0) is 22.0. The molecule has 4 rings (SSSR count). The zero-order valence-electron chi connectivity index (χ0n) is 16.4. The first-order chi connectivity index (χ1) is 14.8. The molecule has 0 fully saturated rings. The quantitative estimate of drug-likeness (QED) is 0.569. The molecule has 1 aromatic heterocycles. The average Bonchev–Trinajstić information content (AvgIpc) is 3.34. The van der Waals surface area contributed by atoms with Crippen molar-refractivity contribution in [1.82, 2.24) is 14.8 Å². The van der Waals surface area contributed by atoms with Crippen molar-refractivity contribution in [3.63, 3.8) is 0 Å². The highest BCUT2D eigenvalue weighted by atomic mass is 32.2. The van der Waals surface area contributed by atoms with E-state index >= 15 is 0 Å². The Kier molecular flexibility index (Phi) is 5.77. The number of halogens is 3. The molecular weight excluding hydrogens is 431 g/mol. The molecule has 3 aromatic rings. The van der Waals surface area contributed by atoms with Crippen LogP contribution in [0.1, 0.15) is 5.56 Å². The van der Waals surface area contributed by atoms with Crippen molar-refractivity contribution in [3.05, 3.63) is 54.1 Å². The number of ether oxygens (including phenoxy) is 1. The van der Waals surface area contributed by atoms with Gasteiger partial charge in [0.15, 0.2) is 5.16 Å². The third-order valence-electron chi connectivity index (χ3n) is 4.68. The topological polar surface area (TPSA) is 72.3 Å². The van der Waals surface area contributed by atoms with Gasteiger partial charge in [0.2, 0.25) is 11.9 Å². The maximum absolute atomic E-state index is 12.8. The van der Waals surface area contributed by atoms with Crippen molar-refractivity contribution in [1.29, 1.82) is 0 Å². The van der Waals surface area contributed by atoms with Crippen molar-refractivity contribution in [3.8, 4) is 5.75 Å². The summed E-state index contributed by atoms with van der Waals surface area (Å²) in [6.07, 6.45) is -4.46. The molecule has 1 aliphatic rings. The van der Waals surface area contributed by atoms with Gasteiger partial charge in [-0.3, -0.25) is 9.36 Å². The fourth-order valence-corrected chi connectivity index (χ4v) is 3.95. The van der Waals surface area contributed by atoms with Gasteiger partial charge in [-0.2, -0.15) is 13.2 Å². The van der Waals surface area contributed by atoms with Crippen LogP contribution in [0, 0.1) is 0 Å². The van der Waals surface area contributed by atoms with Gasteiger partial charge in [-0.1, -0.05) is 17.8 Å². The van der Waals surface area contributed by atoms with E-state index in [0.717, 1.165) is 23.6 Å². The van der Waals surface area contributed by atoms with E-state index in [2.05, 4.69) is 15.5 Å². The van der Waals surface area contributed by atoms with Crippen molar-refractivity contribution in [2.24, 2.45) is 0 Å². The molecule has 1 N–H and O–H groups in total. The van der Waals surface area contributed by atoms with Gasteiger partial charge >= 0.3 is 6.18 Å². The van der Waals surface area contributed by atoms with E-state index < -0.39 is 17.6 Å². The number of hydrogen-bond acceptors (Lipinski definition) is 6. The smallest absolute Gasteiger partial charge is 0.416 e. The minimum absolute atomic E-state index is 0.00306. The highest BCUT2D eigenvalue weighted by Crippen LogP contribution is 2.33. The lowest BCUT2D eigenvalue weighted by atomic mass is 10.2. The Bertz CT molecular complexity index is 1090. The third-order valence-corrected chi connectivity index (χ3v) is 5.64. The monoisotopic (exact) mass is 449 g/mol. The zero-order valence-corrected chi connectivity index (χ0v) is 17.2. The van der Waals surface area contributed by atoms with Crippen LogP contribution in [0.3, 0.4) is 0 Å². The molecule has 0 unspecified atom stereocenters. The van der Waals surface area contributed by atoms with Gasteiger partial charge in [0.05, 0.1) is 18.4 Å². The van der Waals surface area contributed by atoms with Crippen LogP contribution in [-0.2, 0) is 17.5 Å². The molecule has 11 heteroatoms. The molecule has 7 nitrogen and oxygen atoms in total. The van der Waals surface area contributed by atoms with Crippen LogP contribution in [0.4, 0.5) is 30.5 Å². The van der Waals surface area contributed by atoms with Crippen LogP contribution in [0.15, 0.2) is 53.7 Å². The lowest BCUT2D eigenvalue weighted by Gasteiger charge is -2.15. The second-order valence-corrected chi connectivity index (χ2v) is 7.64. The fourth-order valence-electron chi connectivity index (χ4n) is 3.19. The number of amides is 1. The highest BCUT2D eigenvalue weighted by molar-refractivity contribution is 7.99. The Balaban J connectivity index is 1.39. The molecule has 1 aliphatic heterocycles. The van der Waals surface area contributed by atoms with Gasteiger partial charge < -0.3 is 15.0 Å². The summed E-state index contributed by atoms with van der Waals surface area (Å²) < 4.78 is 45.5. The summed E-state index contributed by atoms with van der Waals surface area (Å²) in [7, 11) is 1.61. The number of rotatable bonds is 6. The largest absolute Gasteiger partial charge is 0.497 e. The number of hydrogen-bond donors (Lipinski definition) is 1. The lowest BCUT2D eigenvalue weighted by Crippen LogP contribution is -2.15. The molecule has 0 saturated carbocycles. The Morgan fingerprint density at radius 1 is 1.16 bits per heavy atom. The molecule has 0 spiro atoms. The summed E-state index contributed by atoms with van der Waals surface area (Å²) in [5.41, 5.74) is 0.232. The molecule has 0 saturated heterocycles. The number of nitrogens with one attached hydrogen (secondary N) is 1. The second-order valence-electron chi connectivity index (χ2n) is 6.70. The van der Waals surface area contributed by atoms with Gasteiger partial charge in [-0.25, -0.2) is 0 Å². The van der Waals surface area contributed by atoms with Crippen molar-refractivity contribution in [2.45, 2.75) is 17.9 Å². The SMILES string of the molecule is COc1ccc(N2CCn3c(SCC(=O)Nc4cccc(C(F)(F)F)c4)nnc32)cc1. The number of fused-ring (bicyclic) bond motifs is 1. The summed E-state index contributed by atoms with van der Waals surface area (Å²) in [6, 6.07) is 12.1. The van der Waals surface area contributed by atoms with Gasteiger partial charge in [-0.05, 0) is 42.5 Å². The number of carbonyl (C=O) groups is 1. The Hall–Kier alpha value is -3.21. The molecule has 2 heterocycles. The van der Waals surface area contributed by atoms with Gasteiger partial charge in [-0.15, -0.1) is 10.2 Å². The first-order valence-electron chi connectivity index (χ1n) is 9.30. The van der Waals surface area contributed by atoms with Crippen LogP contribution >= 0.6 is 11.8 Å². The van der Waals surface area contributed by atoms with Gasteiger partial charge in [0.1, 0.15) is 5.75 Å². The summed E-state index contributed by atoms with van der Waals surface area (Å²) in [4.78, 5) is 14.2. The molecule has 0 bridgehead atoms. The normalized spacial score (nSPS) is 13.2. The summed E-state index contributed by atoms with van der Waals surface area (Å²) in [5, 5.41) is 11.4. The number of carbonyl (C=O) groups excluding carboxylic acids is 1. The Labute approximate surface area is 180 Å². The van der Waals surface area contributed by atoms with E-state index in [1.165, 1.54) is 23.9 Å². The predicted octanol–water partition coefficient (Wildman–Crippen LogP) is 4.19. The minimum Gasteiger partial charge on any atom is -0.497 e. The van der Waals surface area contributed by atoms with Crippen molar-refractivity contribution >= 4 is 35.0 Å². The maximum atomic E-state index is 12.8. The average molecular weight is 449 g/mol. The van der Waals surface area contributed by atoms with Crippen LogP contribution in [-0.4, -0.2) is 40.1 Å². The van der Waals surface area contributed by atoms with E-state index in [0.29, 0.717) is 24.2 Å². The van der Waals surface area contributed by atoms with Crippen LogP contribution in [0.25, 0.3) is 0 Å². The summed E-state index contributed by atoms with van der Waals surface area (Å²) >= 11 is 1.18. The maximum Gasteiger partial charge on any atom is 0.416 e. The number of nitrogens with zero attached hydrogens (tertiary/aromatic N) is 4. The summed E-state index contributed by atoms with van der Waals surface area (Å²) in [6.45, 7) is 1.37. The highest BCUT2D eigenvalue weighted by Gasteiger charge is 2.30. The van der Waals surface area contributed by atoms with Crippen LogP contribution < -0.4 is 15.0 Å². The predicted molar refractivity (Wildman–Crippen MR) is 111 cm³/mol. The number of thioether (sulfide) groups is 1. The number of alkyl halides is 3. The molecule has 162 valence electrons. The number of methoxy groups -OCH3 is 1. The number of benzene rings is 2. The Morgan fingerprint density at radius 2 is 1.94 bits per heavy atom. The lowest BCUT2D eigenvalue weighted by molar-refractivity contribution is -0.137. The van der Waals surface area contributed by atoms with Crippen LogP contribution in [0.2, 0.25) is 0 Å². The Morgan fingerprint density at radius 3 is 2.65 bits per heavy atom. The minimum atomic E-state index is -4.46. The molecule has 0 radical (unpaired) electrons. The molecule has 31 heavy (non-hydrogen) atoms. The van der Waals surface area contributed by atoms with E-state index in [9.17, 15) is 18.0 Å². The first kappa shape index (κ1) is 21.0. The van der Waals surface area contributed by atoms with E-state index in [-0.39, 0.29) is 11.4 Å². The van der Waals surface area contributed by atoms with E-state index in [1.807, 2.05) is 33.7 Å². The van der Waals surface area contributed by atoms with Crippen molar-refractivity contribution < 1.29 is 22.7 Å². The number of aromatic nitrogens is 3. The van der Waals surface area contributed by atoms with E-state index in [1.54, 1.807) is 7.11 Å². The summed E-state index contributed by atoms with van der Waals surface area (Å²) in [5.74, 6) is 1.00. The molecular formula is C20H18F3N5O2S. The molecule has 0 atom stereocenters. The van der Waals surface area contributed by atoms with Crippen molar-refractivity contribution in [2.75, 3.05) is 29.6 Å². The molecule has 2 aromatic carbocycles. The van der Waals surface area contributed by atoms with Gasteiger partial charge in [0, 0.05) is 24.5 Å². The standard InChI is InChI=1S/C20H18F3N5O2S/c1-30-16-7-5-15(6-8-16)27-9-10-28-18(27)25-26-19(28)31-12-17(29)24-14-4-2-3-13(11-14)20(21,22)23/h2-8,11H,9-10,12H2,1H3,(H,24,29).